The average Bonchev–Trinajstić information content (AvgIpc) is 2.72. The van der Waals surface area contributed by atoms with Gasteiger partial charge in [0.1, 0.15) is 0 Å². The van der Waals surface area contributed by atoms with E-state index >= 15 is 0 Å². The molecule has 1 amide bonds. The van der Waals surface area contributed by atoms with E-state index < -0.39 is 0 Å². The number of anilines is 1. The molecule has 1 aliphatic heterocycles. The molecular weight excluding hydrogens is 272 g/mol. The molecule has 20 heavy (non-hydrogen) atoms. The second-order valence-corrected chi connectivity index (χ2v) is 6.07. The summed E-state index contributed by atoms with van der Waals surface area (Å²) in [6.45, 7) is 9.29. The van der Waals surface area contributed by atoms with Crippen LogP contribution in [-0.4, -0.2) is 55.1 Å². The molecule has 0 aliphatic carbocycles. The number of carbonyl (C=O) groups excluding carboxylic acids is 1. The summed E-state index contributed by atoms with van der Waals surface area (Å²) >= 11 is 1.71. The standard InChI is InChI=1S/C14H24N4OS/c1-3-5-15-13(19)10-17-6-4-7-18(9-8-17)14-16-12(2)11-20-14/h11H,3-10H2,1-2H3,(H,15,19). The van der Waals surface area contributed by atoms with Gasteiger partial charge in [0.25, 0.3) is 0 Å². The van der Waals surface area contributed by atoms with Gasteiger partial charge in [0.2, 0.25) is 5.91 Å². The first-order valence-corrected chi connectivity index (χ1v) is 8.23. The van der Waals surface area contributed by atoms with Crippen molar-refractivity contribution >= 4 is 22.4 Å². The Balaban J connectivity index is 1.81. The molecule has 1 N–H and O–H groups in total. The van der Waals surface area contributed by atoms with Crippen LogP contribution in [0, 0.1) is 6.92 Å². The van der Waals surface area contributed by atoms with E-state index in [9.17, 15) is 4.79 Å². The monoisotopic (exact) mass is 296 g/mol. The number of amides is 1. The zero-order valence-corrected chi connectivity index (χ0v) is 13.2. The van der Waals surface area contributed by atoms with Gasteiger partial charge in [0.05, 0.1) is 12.2 Å². The molecule has 112 valence electrons. The predicted molar refractivity (Wildman–Crippen MR) is 83.4 cm³/mol. The second-order valence-electron chi connectivity index (χ2n) is 5.24. The first kappa shape index (κ1) is 15.3. The number of nitrogens with zero attached hydrogens (tertiary/aromatic N) is 3. The van der Waals surface area contributed by atoms with Crippen LogP contribution in [0.2, 0.25) is 0 Å². The Morgan fingerprint density at radius 3 is 2.95 bits per heavy atom. The predicted octanol–water partition coefficient (Wildman–Crippen LogP) is 1.49. The zero-order valence-electron chi connectivity index (χ0n) is 12.4. The van der Waals surface area contributed by atoms with Crippen molar-refractivity contribution in [1.82, 2.24) is 15.2 Å². The van der Waals surface area contributed by atoms with Crippen LogP contribution in [-0.2, 0) is 4.79 Å². The first-order valence-electron chi connectivity index (χ1n) is 7.35. The number of aromatic nitrogens is 1. The SMILES string of the molecule is CCCNC(=O)CN1CCCN(c2nc(C)cs2)CC1. The van der Waals surface area contributed by atoms with Crippen LogP contribution < -0.4 is 10.2 Å². The van der Waals surface area contributed by atoms with Gasteiger partial charge in [-0.25, -0.2) is 4.98 Å². The molecule has 1 aromatic heterocycles. The molecule has 2 heterocycles. The second kappa shape index (κ2) is 7.59. The van der Waals surface area contributed by atoms with Crippen LogP contribution in [0.5, 0.6) is 0 Å². The van der Waals surface area contributed by atoms with E-state index in [1.165, 1.54) is 0 Å². The molecule has 2 rings (SSSR count). The number of thiazole rings is 1. The lowest BCUT2D eigenvalue weighted by atomic mass is 10.3. The molecule has 1 fully saturated rings. The molecule has 0 aromatic carbocycles. The van der Waals surface area contributed by atoms with Crippen LogP contribution in [0.1, 0.15) is 25.5 Å². The Morgan fingerprint density at radius 2 is 2.25 bits per heavy atom. The van der Waals surface area contributed by atoms with Crippen LogP contribution >= 0.6 is 11.3 Å². The Bertz CT molecular complexity index is 435. The highest BCUT2D eigenvalue weighted by Crippen LogP contribution is 2.21. The van der Waals surface area contributed by atoms with Crippen LogP contribution in [0.4, 0.5) is 5.13 Å². The molecule has 0 spiro atoms. The van der Waals surface area contributed by atoms with Crippen molar-refractivity contribution in [2.75, 3.05) is 44.2 Å². The van der Waals surface area contributed by atoms with Crippen LogP contribution in [0.15, 0.2) is 5.38 Å². The lowest BCUT2D eigenvalue weighted by Crippen LogP contribution is -2.39. The number of carbonyl (C=O) groups is 1. The molecule has 0 atom stereocenters. The number of aryl methyl sites for hydroxylation is 1. The summed E-state index contributed by atoms with van der Waals surface area (Å²) < 4.78 is 0. The fraction of sp³-hybridized carbons (Fsp3) is 0.714. The van der Waals surface area contributed by atoms with Gasteiger partial charge in [-0.3, -0.25) is 9.69 Å². The Kier molecular flexibility index (Phi) is 5.79. The quantitative estimate of drug-likeness (QED) is 0.894. The smallest absolute Gasteiger partial charge is 0.234 e. The van der Waals surface area contributed by atoms with E-state index in [1.807, 2.05) is 6.92 Å². The molecule has 0 unspecified atom stereocenters. The molecular formula is C14H24N4OS. The summed E-state index contributed by atoms with van der Waals surface area (Å²) in [5.41, 5.74) is 1.09. The van der Waals surface area contributed by atoms with E-state index in [0.29, 0.717) is 6.54 Å². The Labute approximate surface area is 125 Å². The highest BCUT2D eigenvalue weighted by molar-refractivity contribution is 7.13. The van der Waals surface area contributed by atoms with Crippen LogP contribution in [0.25, 0.3) is 0 Å². The molecule has 1 aromatic rings. The Morgan fingerprint density at radius 1 is 1.40 bits per heavy atom. The summed E-state index contributed by atoms with van der Waals surface area (Å²) in [5.74, 6) is 0.144. The van der Waals surface area contributed by atoms with Crippen molar-refractivity contribution in [2.24, 2.45) is 0 Å². The summed E-state index contributed by atoms with van der Waals surface area (Å²) in [4.78, 5) is 20.9. The molecule has 0 saturated carbocycles. The third kappa shape index (κ3) is 4.45. The van der Waals surface area contributed by atoms with Gasteiger partial charge in [-0.15, -0.1) is 11.3 Å². The van der Waals surface area contributed by atoms with Gasteiger partial charge < -0.3 is 10.2 Å². The maximum atomic E-state index is 11.8. The molecule has 5 nitrogen and oxygen atoms in total. The first-order chi connectivity index (χ1) is 9.69. The summed E-state index contributed by atoms with van der Waals surface area (Å²) in [6, 6.07) is 0. The highest BCUT2D eigenvalue weighted by atomic mass is 32.1. The summed E-state index contributed by atoms with van der Waals surface area (Å²) in [5, 5.41) is 6.15. The van der Waals surface area contributed by atoms with E-state index in [2.05, 4.69) is 32.4 Å². The van der Waals surface area contributed by atoms with Gasteiger partial charge in [0.15, 0.2) is 5.13 Å². The third-order valence-corrected chi connectivity index (χ3v) is 4.42. The maximum Gasteiger partial charge on any atom is 0.234 e. The summed E-state index contributed by atoms with van der Waals surface area (Å²) in [6.07, 6.45) is 2.07. The number of rotatable bonds is 5. The van der Waals surface area contributed by atoms with Crippen molar-refractivity contribution in [1.29, 1.82) is 0 Å². The lowest BCUT2D eigenvalue weighted by Gasteiger charge is -2.21. The third-order valence-electron chi connectivity index (χ3n) is 3.41. The minimum Gasteiger partial charge on any atom is -0.355 e. The molecule has 6 heteroatoms. The average molecular weight is 296 g/mol. The van der Waals surface area contributed by atoms with Crippen LogP contribution in [0.3, 0.4) is 0 Å². The number of nitrogens with one attached hydrogen (secondary N) is 1. The minimum atomic E-state index is 0.144. The van der Waals surface area contributed by atoms with E-state index in [0.717, 1.165) is 56.4 Å². The fourth-order valence-electron chi connectivity index (χ4n) is 2.33. The van der Waals surface area contributed by atoms with Gasteiger partial charge >= 0.3 is 0 Å². The van der Waals surface area contributed by atoms with Crippen molar-refractivity contribution < 1.29 is 4.79 Å². The summed E-state index contributed by atoms with van der Waals surface area (Å²) in [7, 11) is 0. The molecule has 1 saturated heterocycles. The normalized spacial score (nSPS) is 17.0. The van der Waals surface area contributed by atoms with Gasteiger partial charge in [-0.1, -0.05) is 6.92 Å². The van der Waals surface area contributed by atoms with E-state index in [4.69, 9.17) is 0 Å². The fourth-order valence-corrected chi connectivity index (χ4v) is 3.19. The van der Waals surface area contributed by atoms with E-state index in [-0.39, 0.29) is 5.91 Å². The van der Waals surface area contributed by atoms with Gasteiger partial charge in [0, 0.05) is 38.1 Å². The van der Waals surface area contributed by atoms with Crippen molar-refractivity contribution in [3.05, 3.63) is 11.1 Å². The van der Waals surface area contributed by atoms with Crippen molar-refractivity contribution in [2.45, 2.75) is 26.7 Å². The molecule has 1 aliphatic rings. The molecule has 0 bridgehead atoms. The molecule has 0 radical (unpaired) electrons. The van der Waals surface area contributed by atoms with Crippen molar-refractivity contribution in [3.8, 4) is 0 Å². The lowest BCUT2D eigenvalue weighted by molar-refractivity contribution is -0.122. The van der Waals surface area contributed by atoms with E-state index in [1.54, 1.807) is 11.3 Å². The topological polar surface area (TPSA) is 48.5 Å². The zero-order chi connectivity index (χ0) is 14.4. The number of hydrogen-bond donors (Lipinski definition) is 1. The largest absolute Gasteiger partial charge is 0.355 e. The minimum absolute atomic E-state index is 0.144. The highest BCUT2D eigenvalue weighted by Gasteiger charge is 2.18. The number of hydrogen-bond acceptors (Lipinski definition) is 5. The van der Waals surface area contributed by atoms with Crippen molar-refractivity contribution in [3.63, 3.8) is 0 Å². The Hall–Kier alpha value is -1.14. The van der Waals surface area contributed by atoms with Gasteiger partial charge in [-0.2, -0.15) is 0 Å². The van der Waals surface area contributed by atoms with Gasteiger partial charge in [-0.05, 0) is 19.8 Å². The maximum absolute atomic E-state index is 11.8.